The number of aryl methyl sites for hydroxylation is 1. The van der Waals surface area contributed by atoms with Gasteiger partial charge in [0.2, 0.25) is 5.95 Å². The second kappa shape index (κ2) is 7.10. The van der Waals surface area contributed by atoms with Crippen LogP contribution in [0, 0.1) is 18.3 Å². The van der Waals surface area contributed by atoms with Gasteiger partial charge in [0, 0.05) is 23.3 Å². The van der Waals surface area contributed by atoms with Gasteiger partial charge in [0.15, 0.2) is 0 Å². The topological polar surface area (TPSA) is 86.5 Å². The zero-order valence-electron chi connectivity index (χ0n) is 14.6. The first-order valence-corrected chi connectivity index (χ1v) is 8.45. The van der Waals surface area contributed by atoms with Crippen molar-refractivity contribution in [2.75, 3.05) is 10.6 Å². The van der Waals surface area contributed by atoms with Crippen molar-refractivity contribution in [3.63, 3.8) is 0 Å². The van der Waals surface area contributed by atoms with Gasteiger partial charge in [-0.3, -0.25) is 4.98 Å². The van der Waals surface area contributed by atoms with E-state index >= 15 is 0 Å². The number of para-hydroxylation sites is 2. The van der Waals surface area contributed by atoms with E-state index in [0.29, 0.717) is 23.0 Å². The fourth-order valence-corrected chi connectivity index (χ4v) is 2.84. The SMILES string of the molecule is Cc1cc(Nc2cccc3cccnc23)nc(Nc2ccccc2C#N)n1. The Bertz CT molecular complexity index is 1160. The maximum absolute atomic E-state index is 9.25. The van der Waals surface area contributed by atoms with E-state index in [1.807, 2.05) is 61.5 Å². The summed E-state index contributed by atoms with van der Waals surface area (Å²) in [6.45, 7) is 1.90. The Hall–Kier alpha value is -3.98. The van der Waals surface area contributed by atoms with Crippen LogP contribution in [0.2, 0.25) is 0 Å². The lowest BCUT2D eigenvalue weighted by Crippen LogP contribution is -2.03. The summed E-state index contributed by atoms with van der Waals surface area (Å²) in [5.74, 6) is 1.07. The number of aromatic nitrogens is 3. The van der Waals surface area contributed by atoms with E-state index in [0.717, 1.165) is 22.3 Å². The van der Waals surface area contributed by atoms with E-state index in [9.17, 15) is 5.26 Å². The molecule has 4 rings (SSSR count). The van der Waals surface area contributed by atoms with E-state index in [2.05, 4.69) is 31.7 Å². The summed E-state index contributed by atoms with van der Waals surface area (Å²) in [6, 6.07) is 21.2. The largest absolute Gasteiger partial charge is 0.338 e. The predicted molar refractivity (Wildman–Crippen MR) is 106 cm³/mol. The third-order valence-corrected chi connectivity index (χ3v) is 4.04. The Morgan fingerprint density at radius 2 is 1.70 bits per heavy atom. The molecule has 0 saturated carbocycles. The number of nitriles is 1. The molecule has 0 spiro atoms. The van der Waals surface area contributed by atoms with Crippen molar-refractivity contribution in [1.29, 1.82) is 5.26 Å². The number of hydrogen-bond acceptors (Lipinski definition) is 6. The molecule has 2 aromatic carbocycles. The van der Waals surface area contributed by atoms with E-state index in [1.54, 1.807) is 12.3 Å². The van der Waals surface area contributed by atoms with Gasteiger partial charge in [-0.2, -0.15) is 10.2 Å². The minimum absolute atomic E-state index is 0.424. The van der Waals surface area contributed by atoms with Gasteiger partial charge in [-0.15, -0.1) is 0 Å². The van der Waals surface area contributed by atoms with Gasteiger partial charge in [-0.25, -0.2) is 4.98 Å². The van der Waals surface area contributed by atoms with Crippen molar-refractivity contribution in [1.82, 2.24) is 15.0 Å². The van der Waals surface area contributed by atoms with Crippen LogP contribution in [-0.4, -0.2) is 15.0 Å². The molecular weight excluding hydrogens is 336 g/mol. The van der Waals surface area contributed by atoms with E-state index in [-0.39, 0.29) is 0 Å². The van der Waals surface area contributed by atoms with Crippen LogP contribution in [0.1, 0.15) is 11.3 Å². The highest BCUT2D eigenvalue weighted by molar-refractivity contribution is 5.91. The quantitative estimate of drug-likeness (QED) is 0.554. The number of nitrogens with zero attached hydrogens (tertiary/aromatic N) is 4. The minimum atomic E-state index is 0.424. The molecule has 0 atom stereocenters. The molecule has 6 nitrogen and oxygen atoms in total. The first-order chi connectivity index (χ1) is 13.2. The number of nitrogens with one attached hydrogen (secondary N) is 2. The minimum Gasteiger partial charge on any atom is -0.338 e. The summed E-state index contributed by atoms with van der Waals surface area (Å²) in [5.41, 5.74) is 3.76. The van der Waals surface area contributed by atoms with Crippen LogP contribution in [0.3, 0.4) is 0 Å². The molecule has 130 valence electrons. The van der Waals surface area contributed by atoms with Gasteiger partial charge in [-0.05, 0) is 31.2 Å². The molecule has 2 N–H and O–H groups in total. The van der Waals surface area contributed by atoms with E-state index in [1.165, 1.54) is 0 Å². The Kier molecular flexibility index (Phi) is 4.33. The van der Waals surface area contributed by atoms with Crippen molar-refractivity contribution in [2.24, 2.45) is 0 Å². The number of pyridine rings is 1. The Balaban J connectivity index is 1.67. The van der Waals surface area contributed by atoms with Crippen LogP contribution in [0.5, 0.6) is 0 Å². The highest BCUT2D eigenvalue weighted by Gasteiger charge is 2.08. The third-order valence-electron chi connectivity index (χ3n) is 4.04. The summed E-state index contributed by atoms with van der Waals surface area (Å²) < 4.78 is 0. The molecule has 0 saturated heterocycles. The molecule has 0 fully saturated rings. The highest BCUT2D eigenvalue weighted by Crippen LogP contribution is 2.25. The normalized spacial score (nSPS) is 10.4. The maximum atomic E-state index is 9.25. The monoisotopic (exact) mass is 352 g/mol. The van der Waals surface area contributed by atoms with Gasteiger partial charge < -0.3 is 10.6 Å². The molecule has 2 heterocycles. The van der Waals surface area contributed by atoms with Crippen LogP contribution in [0.25, 0.3) is 10.9 Å². The zero-order valence-corrected chi connectivity index (χ0v) is 14.6. The molecule has 0 radical (unpaired) electrons. The van der Waals surface area contributed by atoms with Crippen LogP contribution in [0.4, 0.5) is 23.1 Å². The first-order valence-electron chi connectivity index (χ1n) is 8.45. The van der Waals surface area contributed by atoms with Gasteiger partial charge in [0.1, 0.15) is 11.9 Å². The fraction of sp³-hybridized carbons (Fsp3) is 0.0476. The molecule has 2 aromatic heterocycles. The molecule has 6 heteroatoms. The van der Waals surface area contributed by atoms with Crippen molar-refractivity contribution in [2.45, 2.75) is 6.92 Å². The molecule has 0 aliphatic heterocycles. The van der Waals surface area contributed by atoms with E-state index in [4.69, 9.17) is 0 Å². The van der Waals surface area contributed by atoms with Crippen molar-refractivity contribution in [3.8, 4) is 6.07 Å². The number of anilines is 4. The number of hydrogen-bond donors (Lipinski definition) is 2. The maximum Gasteiger partial charge on any atom is 0.229 e. The van der Waals surface area contributed by atoms with Crippen LogP contribution >= 0.6 is 0 Å². The Morgan fingerprint density at radius 1 is 0.889 bits per heavy atom. The fourth-order valence-electron chi connectivity index (χ4n) is 2.84. The molecule has 27 heavy (non-hydrogen) atoms. The highest BCUT2D eigenvalue weighted by atomic mass is 15.1. The summed E-state index contributed by atoms with van der Waals surface area (Å²) in [7, 11) is 0. The van der Waals surface area contributed by atoms with E-state index < -0.39 is 0 Å². The van der Waals surface area contributed by atoms with Gasteiger partial charge in [-0.1, -0.05) is 30.3 Å². The molecular formula is C21H16N6. The second-order valence-electron chi connectivity index (χ2n) is 6.01. The Labute approximate surface area is 156 Å². The van der Waals surface area contributed by atoms with Crippen LogP contribution in [-0.2, 0) is 0 Å². The number of benzene rings is 2. The van der Waals surface area contributed by atoms with Crippen LogP contribution in [0.15, 0.2) is 66.9 Å². The number of fused-ring (bicyclic) bond motifs is 1. The van der Waals surface area contributed by atoms with Gasteiger partial charge in [0.25, 0.3) is 0 Å². The van der Waals surface area contributed by atoms with Gasteiger partial charge >= 0.3 is 0 Å². The Morgan fingerprint density at radius 3 is 2.59 bits per heavy atom. The second-order valence-corrected chi connectivity index (χ2v) is 6.01. The average Bonchev–Trinajstić information content (AvgIpc) is 2.68. The lowest BCUT2D eigenvalue weighted by atomic mass is 10.2. The molecule has 4 aromatic rings. The lowest BCUT2D eigenvalue weighted by Gasteiger charge is -2.12. The van der Waals surface area contributed by atoms with Crippen molar-refractivity contribution < 1.29 is 0 Å². The van der Waals surface area contributed by atoms with Crippen LogP contribution < -0.4 is 10.6 Å². The van der Waals surface area contributed by atoms with Gasteiger partial charge in [0.05, 0.1) is 22.5 Å². The standard InChI is InChI=1S/C21H16N6/c1-14-12-19(25-18-10-4-7-15-8-5-11-23-20(15)18)27-21(24-14)26-17-9-3-2-6-16(17)13-22/h2-12H,1H3,(H2,24,25,26,27). The summed E-state index contributed by atoms with van der Waals surface area (Å²) in [4.78, 5) is 13.4. The molecule has 0 aliphatic carbocycles. The van der Waals surface area contributed by atoms with Crippen molar-refractivity contribution >= 4 is 34.0 Å². The average molecular weight is 352 g/mol. The first kappa shape index (κ1) is 16.5. The summed E-state index contributed by atoms with van der Waals surface area (Å²) in [5, 5.41) is 16.8. The summed E-state index contributed by atoms with van der Waals surface area (Å²) in [6.07, 6.45) is 1.77. The molecule has 0 bridgehead atoms. The molecule has 0 amide bonds. The molecule has 0 unspecified atom stereocenters. The molecule has 0 aliphatic rings. The smallest absolute Gasteiger partial charge is 0.229 e. The third kappa shape index (κ3) is 3.53. The zero-order chi connectivity index (χ0) is 18.6. The predicted octanol–water partition coefficient (Wildman–Crippen LogP) is 4.69. The lowest BCUT2D eigenvalue weighted by molar-refractivity contribution is 1.11. The number of rotatable bonds is 4. The van der Waals surface area contributed by atoms with Crippen molar-refractivity contribution in [3.05, 3.63) is 78.1 Å². The summed E-state index contributed by atoms with van der Waals surface area (Å²) >= 11 is 0.